The minimum atomic E-state index is -0.546. The molecule has 0 heterocycles. The summed E-state index contributed by atoms with van der Waals surface area (Å²) in [4.78, 5) is 24.3. The van der Waals surface area contributed by atoms with Crippen LogP contribution in [0.1, 0.15) is 31.8 Å². The number of carbonyl (C=O) groups excluding carboxylic acids is 2. The monoisotopic (exact) mass is 426 g/mol. The fourth-order valence-corrected chi connectivity index (χ4v) is 2.76. The molecule has 0 fully saturated rings. The maximum Gasteiger partial charge on any atom is 0.343 e. The van der Waals surface area contributed by atoms with Crippen LogP contribution in [0.15, 0.2) is 71.8 Å². The zero-order valence-corrected chi connectivity index (χ0v) is 16.9. The molecule has 3 aromatic rings. The van der Waals surface area contributed by atoms with Crippen LogP contribution in [0.2, 0.25) is 10.0 Å². The molecule has 0 aliphatic carbocycles. The van der Waals surface area contributed by atoms with Crippen molar-refractivity contribution in [1.29, 1.82) is 0 Å². The molecule has 0 radical (unpaired) electrons. The van der Waals surface area contributed by atoms with Crippen molar-refractivity contribution in [3.8, 4) is 5.75 Å². The number of halogens is 2. The Kier molecular flexibility index (Phi) is 6.65. The van der Waals surface area contributed by atoms with E-state index in [9.17, 15) is 9.59 Å². The third kappa shape index (κ3) is 5.44. The van der Waals surface area contributed by atoms with E-state index in [0.29, 0.717) is 21.9 Å². The summed E-state index contributed by atoms with van der Waals surface area (Å²) in [5.74, 6) is -0.468. The average molecular weight is 427 g/mol. The quantitative estimate of drug-likeness (QED) is 0.261. The van der Waals surface area contributed by atoms with Crippen molar-refractivity contribution >= 4 is 41.3 Å². The van der Waals surface area contributed by atoms with Crippen LogP contribution < -0.4 is 10.2 Å². The van der Waals surface area contributed by atoms with E-state index in [-0.39, 0.29) is 10.9 Å². The number of ether oxygens (including phenoxy) is 1. The van der Waals surface area contributed by atoms with Gasteiger partial charge in [0.15, 0.2) is 0 Å². The Balaban J connectivity index is 1.59. The second kappa shape index (κ2) is 9.37. The van der Waals surface area contributed by atoms with Gasteiger partial charge in [-0.15, -0.1) is 0 Å². The number of amides is 1. The lowest BCUT2D eigenvalue weighted by Gasteiger charge is -2.06. The van der Waals surface area contributed by atoms with Crippen molar-refractivity contribution < 1.29 is 14.3 Å². The molecule has 0 atom stereocenters. The summed E-state index contributed by atoms with van der Waals surface area (Å²) in [6.45, 7) is 1.86. The molecule has 0 spiro atoms. The summed E-state index contributed by atoms with van der Waals surface area (Å²) in [5.41, 5.74) is 4.94. The molecular formula is C22H16Cl2N2O3. The fraction of sp³-hybridized carbons (Fsp3) is 0.0455. The zero-order valence-electron chi connectivity index (χ0n) is 15.4. The van der Waals surface area contributed by atoms with Crippen LogP contribution in [-0.4, -0.2) is 18.1 Å². The molecule has 0 aliphatic heterocycles. The largest absolute Gasteiger partial charge is 0.423 e. The van der Waals surface area contributed by atoms with Crippen LogP contribution in [0.3, 0.4) is 0 Å². The number of carbonyl (C=O) groups is 2. The summed E-state index contributed by atoms with van der Waals surface area (Å²) in [6.07, 6.45) is 1.50. The summed E-state index contributed by atoms with van der Waals surface area (Å²) in [5, 5.41) is 4.60. The highest BCUT2D eigenvalue weighted by molar-refractivity contribution is 6.42. The minimum absolute atomic E-state index is 0.278. The maximum absolute atomic E-state index is 12.2. The number of nitrogens with zero attached hydrogens (tertiary/aromatic N) is 1. The van der Waals surface area contributed by atoms with E-state index in [1.165, 1.54) is 24.4 Å². The Morgan fingerprint density at radius 1 is 0.966 bits per heavy atom. The highest BCUT2D eigenvalue weighted by Gasteiger charge is 2.11. The number of esters is 1. The molecule has 1 N–H and O–H groups in total. The Bertz CT molecular complexity index is 1080. The van der Waals surface area contributed by atoms with Crippen LogP contribution >= 0.6 is 23.2 Å². The second-order valence-corrected chi connectivity index (χ2v) is 6.92. The molecule has 0 bridgehead atoms. The highest BCUT2D eigenvalue weighted by Crippen LogP contribution is 2.23. The molecule has 146 valence electrons. The van der Waals surface area contributed by atoms with E-state index in [2.05, 4.69) is 10.5 Å². The van der Waals surface area contributed by atoms with E-state index >= 15 is 0 Å². The molecule has 7 heteroatoms. The predicted molar refractivity (Wildman–Crippen MR) is 114 cm³/mol. The third-order valence-corrected chi connectivity index (χ3v) is 4.75. The van der Waals surface area contributed by atoms with Gasteiger partial charge in [0.2, 0.25) is 0 Å². The van der Waals surface area contributed by atoms with Gasteiger partial charge in [-0.25, -0.2) is 10.2 Å². The predicted octanol–water partition coefficient (Wildman–Crippen LogP) is 5.28. The molecule has 3 aromatic carbocycles. The van der Waals surface area contributed by atoms with Gasteiger partial charge in [0.1, 0.15) is 5.75 Å². The molecule has 0 aliphatic rings. The molecule has 1 amide bonds. The molecule has 0 saturated heterocycles. The molecule has 3 rings (SSSR count). The summed E-state index contributed by atoms with van der Waals surface area (Å²) in [7, 11) is 0. The maximum atomic E-state index is 12.2. The molecule has 0 unspecified atom stereocenters. The summed E-state index contributed by atoms with van der Waals surface area (Å²) >= 11 is 11.8. The van der Waals surface area contributed by atoms with Gasteiger partial charge in [-0.2, -0.15) is 5.10 Å². The van der Waals surface area contributed by atoms with Crippen LogP contribution in [0.5, 0.6) is 5.75 Å². The number of nitrogens with one attached hydrogen (secondary N) is 1. The van der Waals surface area contributed by atoms with E-state index in [0.717, 1.165) is 11.1 Å². The highest BCUT2D eigenvalue weighted by atomic mass is 35.5. The van der Waals surface area contributed by atoms with Gasteiger partial charge in [0, 0.05) is 5.56 Å². The van der Waals surface area contributed by atoms with Gasteiger partial charge in [-0.05, 0) is 66.6 Å². The Labute approximate surface area is 177 Å². The number of hydrazone groups is 1. The first-order valence-corrected chi connectivity index (χ1v) is 9.36. The first-order chi connectivity index (χ1) is 13.9. The number of hydrogen-bond acceptors (Lipinski definition) is 4. The summed E-state index contributed by atoms with van der Waals surface area (Å²) in [6, 6.07) is 18.4. The first kappa shape index (κ1) is 20.6. The van der Waals surface area contributed by atoms with E-state index in [4.69, 9.17) is 27.9 Å². The topological polar surface area (TPSA) is 67.8 Å². The van der Waals surface area contributed by atoms with Crippen LogP contribution in [0.25, 0.3) is 0 Å². The fourth-order valence-electron chi connectivity index (χ4n) is 2.46. The Morgan fingerprint density at radius 3 is 2.38 bits per heavy atom. The van der Waals surface area contributed by atoms with Crippen LogP contribution in [0.4, 0.5) is 0 Å². The smallest absolute Gasteiger partial charge is 0.343 e. The van der Waals surface area contributed by atoms with Crippen molar-refractivity contribution in [2.45, 2.75) is 6.92 Å². The standard InChI is InChI=1S/C22H16Cl2N2O3/c1-14-4-2-3-5-18(14)21(27)26-25-13-15-6-9-17(10-7-15)29-22(28)16-8-11-19(23)20(24)12-16/h2-13H,1H3,(H,26,27)/b25-13-. The van der Waals surface area contributed by atoms with Gasteiger partial charge >= 0.3 is 5.97 Å². The van der Waals surface area contributed by atoms with Crippen molar-refractivity contribution in [2.75, 3.05) is 0 Å². The second-order valence-electron chi connectivity index (χ2n) is 6.10. The third-order valence-electron chi connectivity index (χ3n) is 4.02. The molecule has 29 heavy (non-hydrogen) atoms. The van der Waals surface area contributed by atoms with Gasteiger partial charge in [0.25, 0.3) is 5.91 Å². The van der Waals surface area contributed by atoms with E-state index < -0.39 is 5.97 Å². The molecule has 5 nitrogen and oxygen atoms in total. The normalized spacial score (nSPS) is 10.7. The van der Waals surface area contributed by atoms with E-state index in [1.54, 1.807) is 36.4 Å². The van der Waals surface area contributed by atoms with Gasteiger partial charge in [-0.3, -0.25) is 4.79 Å². The van der Waals surface area contributed by atoms with E-state index in [1.807, 2.05) is 19.1 Å². The number of benzene rings is 3. The van der Waals surface area contributed by atoms with Crippen LogP contribution in [-0.2, 0) is 0 Å². The van der Waals surface area contributed by atoms with Crippen molar-refractivity contribution in [1.82, 2.24) is 5.43 Å². The zero-order chi connectivity index (χ0) is 20.8. The van der Waals surface area contributed by atoms with Crippen molar-refractivity contribution in [3.05, 3.63) is 99.0 Å². The lowest BCUT2D eigenvalue weighted by atomic mass is 10.1. The summed E-state index contributed by atoms with van der Waals surface area (Å²) < 4.78 is 5.31. The van der Waals surface area contributed by atoms with Gasteiger partial charge < -0.3 is 4.74 Å². The number of hydrogen-bond donors (Lipinski definition) is 1. The SMILES string of the molecule is Cc1ccccc1C(=O)N/N=C\c1ccc(OC(=O)c2ccc(Cl)c(Cl)c2)cc1. The molecule has 0 saturated carbocycles. The Morgan fingerprint density at radius 2 is 1.69 bits per heavy atom. The van der Waals surface area contributed by atoms with Crippen LogP contribution in [0, 0.1) is 6.92 Å². The Hall–Kier alpha value is -3.15. The first-order valence-electron chi connectivity index (χ1n) is 8.60. The van der Waals surface area contributed by atoms with Crippen molar-refractivity contribution in [2.24, 2.45) is 5.10 Å². The molecular weight excluding hydrogens is 411 g/mol. The van der Waals surface area contributed by atoms with Gasteiger partial charge in [0.05, 0.1) is 21.8 Å². The lowest BCUT2D eigenvalue weighted by molar-refractivity contribution is 0.0734. The minimum Gasteiger partial charge on any atom is -0.423 e. The molecule has 0 aromatic heterocycles. The lowest BCUT2D eigenvalue weighted by Crippen LogP contribution is -2.18. The van der Waals surface area contributed by atoms with Crippen molar-refractivity contribution in [3.63, 3.8) is 0 Å². The average Bonchev–Trinajstić information content (AvgIpc) is 2.71. The number of aryl methyl sites for hydroxylation is 1. The van der Waals surface area contributed by atoms with Gasteiger partial charge in [-0.1, -0.05) is 41.4 Å². The number of rotatable bonds is 5.